The fraction of sp³-hybridized carbons (Fsp3) is 0.767. The zero-order valence-electron chi connectivity index (χ0n) is 52.4. The number of carbonyl (C=O) groups is 3. The molecule has 0 radical (unpaired) electrons. The number of unbranched alkanes of at least 4 members (excludes halogenated alkanes) is 37. The predicted octanol–water partition coefficient (Wildman–Crippen LogP) is 23.4. The minimum Gasteiger partial charge on any atom is -0.462 e. The zero-order chi connectivity index (χ0) is 57.1. The van der Waals surface area contributed by atoms with E-state index in [1.165, 1.54) is 193 Å². The van der Waals surface area contributed by atoms with Crippen molar-refractivity contribution in [1.29, 1.82) is 0 Å². The average molecular weight is 1100 g/mol. The highest BCUT2D eigenvalue weighted by Crippen LogP contribution is 2.17. The second kappa shape index (κ2) is 67.1. The van der Waals surface area contributed by atoms with Crippen molar-refractivity contribution in [1.82, 2.24) is 0 Å². The van der Waals surface area contributed by atoms with E-state index in [0.717, 1.165) is 109 Å². The van der Waals surface area contributed by atoms with E-state index < -0.39 is 6.10 Å². The van der Waals surface area contributed by atoms with Gasteiger partial charge in [0.1, 0.15) is 13.2 Å². The molecule has 0 aromatic carbocycles. The maximum Gasteiger partial charge on any atom is 0.306 e. The molecule has 6 nitrogen and oxygen atoms in total. The van der Waals surface area contributed by atoms with Crippen molar-refractivity contribution in [2.75, 3.05) is 13.2 Å². The van der Waals surface area contributed by atoms with Crippen LogP contribution < -0.4 is 0 Å². The summed E-state index contributed by atoms with van der Waals surface area (Å²) in [6.45, 7) is 6.47. The number of hydrogen-bond donors (Lipinski definition) is 0. The first-order valence-electron chi connectivity index (χ1n) is 34.1. The molecule has 0 aliphatic heterocycles. The van der Waals surface area contributed by atoms with Gasteiger partial charge in [-0.05, 0) is 109 Å². The summed E-state index contributed by atoms with van der Waals surface area (Å²) in [6.07, 6.45) is 89.1. The normalized spacial score (nSPS) is 12.6. The Hall–Kier alpha value is -3.41. The first-order valence-corrected chi connectivity index (χ1v) is 34.1. The molecule has 0 saturated heterocycles. The van der Waals surface area contributed by atoms with Gasteiger partial charge in [0.05, 0.1) is 0 Å². The van der Waals surface area contributed by atoms with E-state index in [9.17, 15) is 14.4 Å². The van der Waals surface area contributed by atoms with Crippen molar-refractivity contribution >= 4 is 17.9 Å². The number of allylic oxidation sites excluding steroid dienone is 14. The standard InChI is InChI=1S/C73H128O6/c1-4-7-10-13-16-19-22-24-26-28-30-31-32-33-34-35-36-37-38-39-40-41-42-43-44-46-47-49-51-54-57-60-63-66-72(75)78-69-70(68-77-71(74)65-62-59-56-53-21-18-15-12-9-6-3)79-73(76)67-64-61-58-55-52-50-48-45-29-27-25-23-20-17-14-11-8-5-2/h7,10,12,15-16,19-20,23-24,26-27,29-31,70H,4-6,8-9,11,13-14,17-18,21-22,25,28,32-69H2,1-3H3/b10-7-,15-12-,19-16-,23-20-,26-24-,29-27-,31-30-. The van der Waals surface area contributed by atoms with Crippen LogP contribution in [0, 0.1) is 0 Å². The van der Waals surface area contributed by atoms with Gasteiger partial charge in [-0.1, -0.05) is 298 Å². The SMILES string of the molecule is CC/C=C\C/C=C\C/C=C\C/C=C\CCCCCCCCCCCCCCCCCCCCCCC(=O)OCC(COC(=O)CCCCCCC/C=C\CCC)OC(=O)CCCCCCCCC/C=C\C/C=C\CCCCCC. The molecule has 0 aliphatic carbocycles. The van der Waals surface area contributed by atoms with Crippen molar-refractivity contribution in [3.8, 4) is 0 Å². The highest BCUT2D eigenvalue weighted by Gasteiger charge is 2.19. The summed E-state index contributed by atoms with van der Waals surface area (Å²) in [7, 11) is 0. The van der Waals surface area contributed by atoms with Crippen molar-refractivity contribution < 1.29 is 28.6 Å². The highest BCUT2D eigenvalue weighted by molar-refractivity contribution is 5.71. The summed E-state index contributed by atoms with van der Waals surface area (Å²) in [6, 6.07) is 0. The van der Waals surface area contributed by atoms with E-state index in [1.54, 1.807) is 0 Å². The first kappa shape index (κ1) is 75.6. The molecule has 0 spiro atoms. The van der Waals surface area contributed by atoms with Crippen LogP contribution in [-0.2, 0) is 28.6 Å². The van der Waals surface area contributed by atoms with Crippen LogP contribution in [0.1, 0.15) is 342 Å². The zero-order valence-corrected chi connectivity index (χ0v) is 52.4. The summed E-state index contributed by atoms with van der Waals surface area (Å²) < 4.78 is 16.9. The van der Waals surface area contributed by atoms with E-state index in [0.29, 0.717) is 19.3 Å². The van der Waals surface area contributed by atoms with Gasteiger partial charge in [-0.2, -0.15) is 0 Å². The number of carbonyl (C=O) groups excluding carboxylic acids is 3. The quantitative estimate of drug-likeness (QED) is 0.0261. The van der Waals surface area contributed by atoms with Gasteiger partial charge in [0.25, 0.3) is 0 Å². The van der Waals surface area contributed by atoms with Crippen LogP contribution in [0.4, 0.5) is 0 Å². The molecule has 0 amide bonds. The Morgan fingerprint density at radius 1 is 0.266 bits per heavy atom. The summed E-state index contributed by atoms with van der Waals surface area (Å²) in [5.74, 6) is -0.882. The van der Waals surface area contributed by atoms with Crippen molar-refractivity contribution in [2.45, 2.75) is 348 Å². The van der Waals surface area contributed by atoms with Gasteiger partial charge in [0.2, 0.25) is 0 Å². The monoisotopic (exact) mass is 1100 g/mol. The molecule has 456 valence electrons. The molecule has 0 rings (SSSR count). The number of esters is 3. The molecule has 6 heteroatoms. The number of ether oxygens (including phenoxy) is 3. The molecule has 0 aromatic heterocycles. The van der Waals surface area contributed by atoms with E-state index in [4.69, 9.17) is 14.2 Å². The minimum atomic E-state index is -0.782. The van der Waals surface area contributed by atoms with Crippen LogP contribution in [0.25, 0.3) is 0 Å². The fourth-order valence-electron chi connectivity index (χ4n) is 9.76. The van der Waals surface area contributed by atoms with Crippen LogP contribution >= 0.6 is 0 Å². The maximum atomic E-state index is 12.9. The van der Waals surface area contributed by atoms with Gasteiger partial charge in [0, 0.05) is 19.3 Å². The van der Waals surface area contributed by atoms with Gasteiger partial charge in [-0.25, -0.2) is 0 Å². The molecule has 0 aromatic rings. The summed E-state index contributed by atoms with van der Waals surface area (Å²) in [4.78, 5) is 38.2. The Kier molecular flexibility index (Phi) is 64.2. The van der Waals surface area contributed by atoms with E-state index in [1.807, 2.05) is 0 Å². The molecule has 0 heterocycles. The van der Waals surface area contributed by atoms with Gasteiger partial charge in [0.15, 0.2) is 6.10 Å². The molecule has 1 atom stereocenters. The molecule has 0 saturated carbocycles. The molecule has 0 aliphatic rings. The lowest BCUT2D eigenvalue weighted by molar-refractivity contribution is -0.167. The second-order valence-corrected chi connectivity index (χ2v) is 22.7. The Labute approximate surface area is 490 Å². The topological polar surface area (TPSA) is 78.9 Å². The Morgan fingerprint density at radius 3 is 0.835 bits per heavy atom. The lowest BCUT2D eigenvalue weighted by Crippen LogP contribution is -2.30. The molecule has 79 heavy (non-hydrogen) atoms. The third kappa shape index (κ3) is 65.3. The largest absolute Gasteiger partial charge is 0.462 e. The van der Waals surface area contributed by atoms with Gasteiger partial charge in [-0.3, -0.25) is 14.4 Å². The maximum absolute atomic E-state index is 12.9. The Bertz CT molecular complexity index is 1500. The van der Waals surface area contributed by atoms with E-state index in [2.05, 4.69) is 106 Å². The molecule has 0 N–H and O–H groups in total. The first-order chi connectivity index (χ1) is 39.0. The van der Waals surface area contributed by atoms with Crippen LogP contribution in [0.15, 0.2) is 85.1 Å². The Morgan fingerprint density at radius 2 is 0.519 bits per heavy atom. The summed E-state index contributed by atoms with van der Waals surface area (Å²) in [5, 5.41) is 0. The van der Waals surface area contributed by atoms with Crippen molar-refractivity contribution in [2.24, 2.45) is 0 Å². The van der Waals surface area contributed by atoms with Crippen LogP contribution in [-0.4, -0.2) is 37.2 Å². The third-order valence-corrected chi connectivity index (χ3v) is 14.8. The van der Waals surface area contributed by atoms with E-state index in [-0.39, 0.29) is 31.1 Å². The lowest BCUT2D eigenvalue weighted by atomic mass is 10.0. The Balaban J connectivity index is 4.10. The minimum absolute atomic E-state index is 0.0785. The number of hydrogen-bond acceptors (Lipinski definition) is 6. The van der Waals surface area contributed by atoms with Gasteiger partial charge in [-0.15, -0.1) is 0 Å². The smallest absolute Gasteiger partial charge is 0.306 e. The number of rotatable bonds is 62. The molecule has 1 unspecified atom stereocenters. The molecular formula is C73H128O6. The molecule has 0 bridgehead atoms. The van der Waals surface area contributed by atoms with Gasteiger partial charge >= 0.3 is 17.9 Å². The fourth-order valence-corrected chi connectivity index (χ4v) is 9.76. The van der Waals surface area contributed by atoms with Crippen molar-refractivity contribution in [3.63, 3.8) is 0 Å². The summed E-state index contributed by atoms with van der Waals surface area (Å²) in [5.41, 5.74) is 0. The van der Waals surface area contributed by atoms with Crippen LogP contribution in [0.5, 0.6) is 0 Å². The highest BCUT2D eigenvalue weighted by atomic mass is 16.6. The second-order valence-electron chi connectivity index (χ2n) is 22.7. The van der Waals surface area contributed by atoms with Crippen molar-refractivity contribution in [3.05, 3.63) is 85.1 Å². The van der Waals surface area contributed by atoms with Crippen LogP contribution in [0.2, 0.25) is 0 Å². The molecular weight excluding hydrogens is 973 g/mol. The predicted molar refractivity (Wildman–Crippen MR) is 344 cm³/mol. The van der Waals surface area contributed by atoms with Crippen LogP contribution in [0.3, 0.4) is 0 Å². The third-order valence-electron chi connectivity index (χ3n) is 14.8. The molecule has 0 fully saturated rings. The van der Waals surface area contributed by atoms with Gasteiger partial charge < -0.3 is 14.2 Å². The lowest BCUT2D eigenvalue weighted by Gasteiger charge is -2.18. The van der Waals surface area contributed by atoms with E-state index >= 15 is 0 Å². The summed E-state index contributed by atoms with van der Waals surface area (Å²) >= 11 is 0. The average Bonchev–Trinajstić information content (AvgIpc) is 3.45.